The van der Waals surface area contributed by atoms with Crippen LogP contribution < -0.4 is 0 Å². The molecule has 1 fully saturated rings. The second-order valence-electron chi connectivity index (χ2n) is 5.84. The van der Waals surface area contributed by atoms with Crippen LogP contribution in [0.1, 0.15) is 29.8 Å². The fourth-order valence-electron chi connectivity index (χ4n) is 2.55. The van der Waals surface area contributed by atoms with Gasteiger partial charge in [0.2, 0.25) is 0 Å². The molecule has 1 saturated heterocycles. The molecule has 1 aromatic rings. The number of rotatable bonds is 2. The average Bonchev–Trinajstić information content (AvgIpc) is 2.39. The Labute approximate surface area is 118 Å². The highest BCUT2D eigenvalue weighted by Gasteiger charge is 2.36. The van der Waals surface area contributed by atoms with Gasteiger partial charge in [0.05, 0.1) is 23.9 Å². The van der Waals surface area contributed by atoms with Crippen LogP contribution in [0.2, 0.25) is 0 Å². The van der Waals surface area contributed by atoms with E-state index in [1.54, 1.807) is 30.0 Å². The van der Waals surface area contributed by atoms with Crippen LogP contribution in [0.15, 0.2) is 18.2 Å². The maximum atomic E-state index is 12.6. The van der Waals surface area contributed by atoms with Gasteiger partial charge in [0, 0.05) is 13.1 Å². The zero-order chi connectivity index (χ0) is 14.9. The number of nitrogens with zero attached hydrogens (tertiary/aromatic N) is 1. The van der Waals surface area contributed by atoms with Crippen LogP contribution in [0, 0.1) is 6.92 Å². The lowest BCUT2D eigenvalue weighted by molar-refractivity contribution is -0.139. The van der Waals surface area contributed by atoms with E-state index < -0.39 is 11.7 Å². The fraction of sp³-hybridized carbons (Fsp3) is 0.533. The van der Waals surface area contributed by atoms with E-state index in [1.807, 2.05) is 13.8 Å². The first-order valence-electron chi connectivity index (χ1n) is 6.70. The minimum absolute atomic E-state index is 0.0161. The Bertz CT molecular complexity index is 513. The number of aliphatic hydroxyl groups is 1. The lowest BCUT2D eigenvalue weighted by Crippen LogP contribution is -2.55. The van der Waals surface area contributed by atoms with Crippen LogP contribution in [0.5, 0.6) is 5.75 Å². The molecule has 110 valence electrons. The second-order valence-corrected chi connectivity index (χ2v) is 5.84. The summed E-state index contributed by atoms with van der Waals surface area (Å²) < 4.78 is 5.69. The Balaban J connectivity index is 2.26. The van der Waals surface area contributed by atoms with Crippen LogP contribution in [-0.2, 0) is 4.74 Å². The molecule has 1 atom stereocenters. The summed E-state index contributed by atoms with van der Waals surface area (Å²) in [5.74, 6) is -0.219. The highest BCUT2D eigenvalue weighted by Crippen LogP contribution is 2.27. The summed E-state index contributed by atoms with van der Waals surface area (Å²) in [6, 6.07) is 5.12. The molecule has 1 unspecified atom stereocenters. The molecule has 0 saturated carbocycles. The van der Waals surface area contributed by atoms with Gasteiger partial charge in [-0.25, -0.2) is 0 Å². The van der Waals surface area contributed by atoms with Crippen molar-refractivity contribution in [2.75, 3.05) is 19.7 Å². The van der Waals surface area contributed by atoms with Gasteiger partial charge < -0.3 is 19.8 Å². The van der Waals surface area contributed by atoms with E-state index in [0.29, 0.717) is 24.2 Å². The van der Waals surface area contributed by atoms with Crippen molar-refractivity contribution in [3.8, 4) is 5.75 Å². The summed E-state index contributed by atoms with van der Waals surface area (Å²) >= 11 is 0. The maximum absolute atomic E-state index is 12.6. The minimum Gasteiger partial charge on any atom is -0.507 e. The number of aryl methyl sites for hydroxylation is 1. The molecule has 2 N–H and O–H groups in total. The van der Waals surface area contributed by atoms with Crippen LogP contribution >= 0.6 is 0 Å². The van der Waals surface area contributed by atoms with Gasteiger partial charge in [-0.2, -0.15) is 0 Å². The monoisotopic (exact) mass is 279 g/mol. The van der Waals surface area contributed by atoms with E-state index >= 15 is 0 Å². The Hall–Kier alpha value is -1.59. The number of phenols is 1. The van der Waals surface area contributed by atoms with Crippen molar-refractivity contribution in [3.05, 3.63) is 29.3 Å². The number of para-hydroxylation sites is 1. The molecule has 0 spiro atoms. The van der Waals surface area contributed by atoms with Gasteiger partial charge in [-0.05, 0) is 32.4 Å². The van der Waals surface area contributed by atoms with Gasteiger partial charge in [0.15, 0.2) is 0 Å². The Morgan fingerprint density at radius 1 is 1.50 bits per heavy atom. The van der Waals surface area contributed by atoms with Crippen LogP contribution in [0.3, 0.4) is 0 Å². The molecule has 2 rings (SSSR count). The first-order valence-corrected chi connectivity index (χ1v) is 6.70. The topological polar surface area (TPSA) is 70.0 Å². The third kappa shape index (κ3) is 2.94. The standard InChI is InChI=1S/C15H21NO4/c1-10-5-4-6-12(13(10)18)14(19)16-7-11(8-17)20-15(2,3)9-16/h4-6,11,17-18H,7-9H2,1-3H3. The van der Waals surface area contributed by atoms with Crippen LogP contribution in [0.4, 0.5) is 0 Å². The second kappa shape index (κ2) is 5.42. The smallest absolute Gasteiger partial charge is 0.257 e. The first kappa shape index (κ1) is 14.8. The normalized spacial score (nSPS) is 21.8. The molecule has 1 aromatic carbocycles. The van der Waals surface area contributed by atoms with Crippen molar-refractivity contribution in [1.82, 2.24) is 4.90 Å². The van der Waals surface area contributed by atoms with E-state index in [0.717, 1.165) is 0 Å². The number of hydrogen-bond donors (Lipinski definition) is 2. The number of amides is 1. The number of morpholine rings is 1. The summed E-state index contributed by atoms with van der Waals surface area (Å²) in [5, 5.41) is 19.3. The van der Waals surface area contributed by atoms with E-state index in [-0.39, 0.29) is 18.3 Å². The summed E-state index contributed by atoms with van der Waals surface area (Å²) in [6.07, 6.45) is -0.394. The van der Waals surface area contributed by atoms with Crippen molar-refractivity contribution in [2.45, 2.75) is 32.5 Å². The van der Waals surface area contributed by atoms with Gasteiger partial charge in [0.1, 0.15) is 5.75 Å². The zero-order valence-corrected chi connectivity index (χ0v) is 12.1. The largest absolute Gasteiger partial charge is 0.507 e. The summed E-state index contributed by atoms with van der Waals surface area (Å²) in [6.45, 7) is 6.14. The van der Waals surface area contributed by atoms with Gasteiger partial charge >= 0.3 is 0 Å². The molecule has 5 nitrogen and oxygen atoms in total. The SMILES string of the molecule is Cc1cccc(C(=O)N2CC(CO)OC(C)(C)C2)c1O. The molecular weight excluding hydrogens is 258 g/mol. The number of aliphatic hydroxyl groups excluding tert-OH is 1. The van der Waals surface area contributed by atoms with Gasteiger partial charge in [-0.1, -0.05) is 12.1 Å². The number of hydrogen-bond acceptors (Lipinski definition) is 4. The fourth-order valence-corrected chi connectivity index (χ4v) is 2.55. The van der Waals surface area contributed by atoms with Crippen LogP contribution in [0.25, 0.3) is 0 Å². The highest BCUT2D eigenvalue weighted by molar-refractivity contribution is 5.97. The first-order chi connectivity index (χ1) is 9.34. The summed E-state index contributed by atoms with van der Waals surface area (Å²) in [5.41, 5.74) is 0.447. The Morgan fingerprint density at radius 3 is 2.85 bits per heavy atom. The Morgan fingerprint density at radius 2 is 2.20 bits per heavy atom. The number of ether oxygens (including phenoxy) is 1. The molecule has 1 aliphatic heterocycles. The molecule has 20 heavy (non-hydrogen) atoms. The lowest BCUT2D eigenvalue weighted by Gasteiger charge is -2.42. The summed E-state index contributed by atoms with van der Waals surface area (Å²) in [7, 11) is 0. The number of phenolic OH excluding ortho intramolecular Hbond substituents is 1. The van der Waals surface area contributed by atoms with Crippen molar-refractivity contribution >= 4 is 5.91 Å². The third-order valence-corrected chi connectivity index (χ3v) is 3.44. The molecular formula is C15H21NO4. The van der Waals surface area contributed by atoms with Crippen molar-refractivity contribution in [2.24, 2.45) is 0 Å². The molecule has 5 heteroatoms. The number of benzene rings is 1. The highest BCUT2D eigenvalue weighted by atomic mass is 16.5. The predicted molar refractivity (Wildman–Crippen MR) is 74.8 cm³/mol. The maximum Gasteiger partial charge on any atom is 0.257 e. The van der Waals surface area contributed by atoms with E-state index in [1.165, 1.54) is 0 Å². The predicted octanol–water partition coefficient (Wildman–Crippen LogP) is 1.31. The quantitative estimate of drug-likeness (QED) is 0.856. The van der Waals surface area contributed by atoms with Crippen LogP contribution in [-0.4, -0.2) is 52.4 Å². The number of aromatic hydroxyl groups is 1. The van der Waals surface area contributed by atoms with Gasteiger partial charge in [-0.3, -0.25) is 4.79 Å². The Kier molecular flexibility index (Phi) is 4.01. The minimum atomic E-state index is -0.513. The molecule has 1 aliphatic rings. The molecule has 0 bridgehead atoms. The van der Waals surface area contributed by atoms with Crippen molar-refractivity contribution in [1.29, 1.82) is 0 Å². The van der Waals surface area contributed by atoms with E-state index in [4.69, 9.17) is 4.74 Å². The lowest BCUT2D eigenvalue weighted by atomic mass is 10.0. The number of carbonyl (C=O) groups excluding carboxylic acids is 1. The van der Waals surface area contributed by atoms with E-state index in [2.05, 4.69) is 0 Å². The molecule has 1 heterocycles. The molecule has 0 aliphatic carbocycles. The zero-order valence-electron chi connectivity index (χ0n) is 12.1. The van der Waals surface area contributed by atoms with Gasteiger partial charge in [-0.15, -0.1) is 0 Å². The molecule has 1 amide bonds. The molecule has 0 aromatic heterocycles. The van der Waals surface area contributed by atoms with E-state index in [9.17, 15) is 15.0 Å². The molecule has 0 radical (unpaired) electrons. The average molecular weight is 279 g/mol. The van der Waals surface area contributed by atoms with Gasteiger partial charge in [0.25, 0.3) is 5.91 Å². The van der Waals surface area contributed by atoms with Crippen molar-refractivity contribution in [3.63, 3.8) is 0 Å². The van der Waals surface area contributed by atoms with Crippen molar-refractivity contribution < 1.29 is 19.7 Å². The third-order valence-electron chi connectivity index (χ3n) is 3.44. The summed E-state index contributed by atoms with van der Waals surface area (Å²) in [4.78, 5) is 14.2. The number of carbonyl (C=O) groups is 1.